The van der Waals surface area contributed by atoms with E-state index >= 15 is 0 Å². The molecule has 3 N–H and O–H groups in total. The molecule has 1 aromatic carbocycles. The van der Waals surface area contributed by atoms with Crippen LogP contribution in [0.1, 0.15) is 56.8 Å². The Morgan fingerprint density at radius 3 is 2.17 bits per heavy atom. The van der Waals surface area contributed by atoms with Gasteiger partial charge in [-0.05, 0) is 56.5 Å². The van der Waals surface area contributed by atoms with Crippen LogP contribution in [0.5, 0.6) is 0 Å². The van der Waals surface area contributed by atoms with E-state index in [0.29, 0.717) is 29.2 Å². The molecule has 2 amide bonds. The van der Waals surface area contributed by atoms with Crippen molar-refractivity contribution in [1.82, 2.24) is 4.31 Å². The Bertz CT molecular complexity index is 1020. The number of aryl methyl sites for hydroxylation is 1. The van der Waals surface area contributed by atoms with E-state index in [-0.39, 0.29) is 4.90 Å². The highest BCUT2D eigenvalue weighted by molar-refractivity contribution is 7.89. The van der Waals surface area contributed by atoms with Crippen molar-refractivity contribution in [3.8, 4) is 0 Å². The average molecular weight is 436 g/mol. The lowest BCUT2D eigenvalue weighted by Crippen LogP contribution is -2.31. The molecule has 0 saturated carbocycles. The van der Waals surface area contributed by atoms with Crippen LogP contribution in [0.15, 0.2) is 29.2 Å². The molecule has 2 heterocycles. The van der Waals surface area contributed by atoms with Crippen molar-refractivity contribution in [2.75, 3.05) is 18.4 Å². The van der Waals surface area contributed by atoms with Gasteiger partial charge in [0, 0.05) is 23.5 Å². The molecule has 1 saturated heterocycles. The molecule has 7 nitrogen and oxygen atoms in total. The molecular weight excluding hydrogens is 410 g/mol. The highest BCUT2D eigenvalue weighted by Crippen LogP contribution is 2.32. The van der Waals surface area contributed by atoms with Crippen LogP contribution >= 0.6 is 11.3 Å². The lowest BCUT2D eigenvalue weighted by Gasteiger charge is -2.20. The number of rotatable bonds is 5. The van der Waals surface area contributed by atoms with Crippen molar-refractivity contribution in [3.63, 3.8) is 0 Å². The summed E-state index contributed by atoms with van der Waals surface area (Å²) in [6.45, 7) is 4.68. The molecule has 156 valence electrons. The van der Waals surface area contributed by atoms with E-state index in [1.807, 2.05) is 6.92 Å². The number of benzene rings is 1. The van der Waals surface area contributed by atoms with Gasteiger partial charge in [0.2, 0.25) is 10.0 Å². The second-order valence-electron chi connectivity index (χ2n) is 7.15. The molecule has 0 spiro atoms. The minimum Gasteiger partial charge on any atom is -0.365 e. The van der Waals surface area contributed by atoms with Crippen LogP contribution in [0.3, 0.4) is 0 Å². The zero-order valence-electron chi connectivity index (χ0n) is 16.5. The summed E-state index contributed by atoms with van der Waals surface area (Å²) in [4.78, 5) is 25.4. The van der Waals surface area contributed by atoms with E-state index in [9.17, 15) is 18.0 Å². The maximum Gasteiger partial charge on any atom is 0.256 e. The molecule has 1 fully saturated rings. The van der Waals surface area contributed by atoms with Crippen LogP contribution < -0.4 is 11.1 Å². The molecule has 1 aliphatic rings. The summed E-state index contributed by atoms with van der Waals surface area (Å²) in [5.74, 6) is -1.02. The molecule has 3 rings (SSSR count). The molecule has 0 atom stereocenters. The van der Waals surface area contributed by atoms with E-state index < -0.39 is 21.8 Å². The number of carbonyl (C=O) groups excluding carboxylic acids is 2. The van der Waals surface area contributed by atoms with Crippen molar-refractivity contribution in [1.29, 1.82) is 0 Å². The maximum absolute atomic E-state index is 12.8. The molecule has 0 bridgehead atoms. The zero-order valence-corrected chi connectivity index (χ0v) is 18.2. The van der Waals surface area contributed by atoms with Crippen LogP contribution in [0, 0.1) is 13.8 Å². The van der Waals surface area contributed by atoms with Crippen LogP contribution in [0.2, 0.25) is 0 Å². The minimum absolute atomic E-state index is 0.177. The summed E-state index contributed by atoms with van der Waals surface area (Å²) in [7, 11) is -3.56. The SMILES string of the molecule is Cc1sc(NC(=O)c2ccc(S(=O)(=O)N3CCCCCC3)cc2)c(C(N)=O)c1C. The molecule has 0 aliphatic carbocycles. The van der Waals surface area contributed by atoms with Gasteiger partial charge >= 0.3 is 0 Å². The highest BCUT2D eigenvalue weighted by Gasteiger charge is 2.25. The number of carbonyl (C=O) groups is 2. The van der Waals surface area contributed by atoms with Crippen molar-refractivity contribution in [2.24, 2.45) is 5.73 Å². The Morgan fingerprint density at radius 2 is 1.62 bits per heavy atom. The lowest BCUT2D eigenvalue weighted by atomic mass is 10.1. The van der Waals surface area contributed by atoms with E-state index in [0.717, 1.165) is 36.1 Å². The monoisotopic (exact) mass is 435 g/mol. The molecule has 9 heteroatoms. The number of hydrogen-bond donors (Lipinski definition) is 2. The van der Waals surface area contributed by atoms with Gasteiger partial charge < -0.3 is 11.1 Å². The Morgan fingerprint density at radius 1 is 1.03 bits per heavy atom. The Hall–Kier alpha value is -2.23. The van der Waals surface area contributed by atoms with Crippen molar-refractivity contribution in [3.05, 3.63) is 45.8 Å². The van der Waals surface area contributed by atoms with Gasteiger partial charge in [-0.15, -0.1) is 11.3 Å². The first-order valence-electron chi connectivity index (χ1n) is 9.53. The van der Waals surface area contributed by atoms with E-state index in [2.05, 4.69) is 5.32 Å². The molecule has 1 aliphatic heterocycles. The first-order chi connectivity index (χ1) is 13.7. The van der Waals surface area contributed by atoms with Crippen molar-refractivity contribution in [2.45, 2.75) is 44.4 Å². The van der Waals surface area contributed by atoms with E-state index in [1.165, 1.54) is 39.9 Å². The first-order valence-corrected chi connectivity index (χ1v) is 11.8. The minimum atomic E-state index is -3.56. The van der Waals surface area contributed by atoms with Gasteiger partial charge in [-0.1, -0.05) is 12.8 Å². The number of nitrogens with two attached hydrogens (primary N) is 1. The number of primary amides is 1. The van der Waals surface area contributed by atoms with Gasteiger partial charge in [0.25, 0.3) is 11.8 Å². The number of nitrogens with one attached hydrogen (secondary N) is 1. The molecule has 29 heavy (non-hydrogen) atoms. The van der Waals surface area contributed by atoms with Gasteiger partial charge in [0.05, 0.1) is 10.5 Å². The summed E-state index contributed by atoms with van der Waals surface area (Å²) in [5.41, 5.74) is 6.80. The third kappa shape index (κ3) is 4.52. The molecular formula is C20H25N3O4S2. The van der Waals surface area contributed by atoms with Crippen molar-refractivity contribution >= 4 is 38.2 Å². The summed E-state index contributed by atoms with van der Waals surface area (Å²) >= 11 is 1.29. The molecule has 0 unspecified atom stereocenters. The lowest BCUT2D eigenvalue weighted by molar-refractivity contribution is 0.100. The largest absolute Gasteiger partial charge is 0.365 e. The number of amides is 2. The van der Waals surface area contributed by atoms with Gasteiger partial charge in [-0.3, -0.25) is 9.59 Å². The smallest absolute Gasteiger partial charge is 0.256 e. The van der Waals surface area contributed by atoms with Crippen LogP contribution in [0.25, 0.3) is 0 Å². The third-order valence-electron chi connectivity index (χ3n) is 5.18. The standard InChI is InChI=1S/C20H25N3O4S2/c1-13-14(2)28-20(17(13)18(21)24)22-19(25)15-7-9-16(10-8-15)29(26,27)23-11-5-3-4-6-12-23/h7-10H,3-6,11-12H2,1-2H3,(H2,21,24)(H,22,25). The topological polar surface area (TPSA) is 110 Å². The second kappa shape index (κ2) is 8.64. The van der Waals surface area contributed by atoms with Gasteiger partial charge in [0.1, 0.15) is 5.00 Å². The normalized spacial score (nSPS) is 15.7. The Balaban J connectivity index is 1.79. The fourth-order valence-corrected chi connectivity index (χ4v) is 5.97. The molecule has 0 radical (unpaired) electrons. The first kappa shape index (κ1) is 21.5. The van der Waals surface area contributed by atoms with Crippen LogP contribution in [-0.4, -0.2) is 37.6 Å². The molecule has 1 aromatic heterocycles. The predicted molar refractivity (Wildman–Crippen MR) is 114 cm³/mol. The summed E-state index contributed by atoms with van der Waals surface area (Å²) in [5, 5.41) is 3.12. The van der Waals surface area contributed by atoms with Crippen molar-refractivity contribution < 1.29 is 18.0 Å². The van der Waals surface area contributed by atoms with E-state index in [4.69, 9.17) is 5.73 Å². The number of sulfonamides is 1. The fraction of sp³-hybridized carbons (Fsp3) is 0.400. The molecule has 2 aromatic rings. The Kier molecular flexibility index (Phi) is 6.40. The summed E-state index contributed by atoms with van der Waals surface area (Å²) in [6.07, 6.45) is 3.81. The predicted octanol–water partition coefficient (Wildman–Crippen LogP) is 3.28. The van der Waals surface area contributed by atoms with Gasteiger partial charge in [-0.2, -0.15) is 4.31 Å². The third-order valence-corrected chi connectivity index (χ3v) is 8.21. The number of anilines is 1. The number of thiophene rings is 1. The highest BCUT2D eigenvalue weighted by atomic mass is 32.2. The van der Waals surface area contributed by atoms with Gasteiger partial charge in [-0.25, -0.2) is 8.42 Å². The van der Waals surface area contributed by atoms with Crippen LogP contribution in [-0.2, 0) is 10.0 Å². The second-order valence-corrected chi connectivity index (χ2v) is 10.3. The summed E-state index contributed by atoms with van der Waals surface area (Å²) in [6, 6.07) is 5.87. The van der Waals surface area contributed by atoms with E-state index in [1.54, 1.807) is 6.92 Å². The van der Waals surface area contributed by atoms with Crippen LogP contribution in [0.4, 0.5) is 5.00 Å². The quantitative estimate of drug-likeness (QED) is 0.751. The number of hydrogen-bond acceptors (Lipinski definition) is 5. The average Bonchev–Trinajstić information content (AvgIpc) is 2.86. The zero-order chi connectivity index (χ0) is 21.2. The Labute approximate surface area is 175 Å². The maximum atomic E-state index is 12.8. The number of nitrogens with zero attached hydrogens (tertiary/aromatic N) is 1. The summed E-state index contributed by atoms with van der Waals surface area (Å²) < 4.78 is 27.2. The van der Waals surface area contributed by atoms with Gasteiger partial charge in [0.15, 0.2) is 0 Å². The fourth-order valence-electron chi connectivity index (χ4n) is 3.40.